The molecule has 3 aromatic heterocycles. The minimum atomic E-state index is -0.641. The molecule has 254 valence electrons. The molecule has 2 aromatic carbocycles. The number of hydrogen-bond acceptors (Lipinski definition) is 8. The quantitative estimate of drug-likeness (QED) is 0.122. The lowest BCUT2D eigenvalue weighted by Gasteiger charge is -2.13. The molecule has 10 nitrogen and oxygen atoms in total. The van der Waals surface area contributed by atoms with E-state index in [1.807, 2.05) is 109 Å². The van der Waals surface area contributed by atoms with Gasteiger partial charge in [0.25, 0.3) is 0 Å². The van der Waals surface area contributed by atoms with Crippen LogP contribution in [0.25, 0.3) is 68.6 Å². The van der Waals surface area contributed by atoms with Crippen LogP contribution in [0, 0.1) is 0 Å². The van der Waals surface area contributed by atoms with E-state index < -0.39 is 18.4 Å². The van der Waals surface area contributed by atoms with E-state index in [0.29, 0.717) is 37.6 Å². The number of carbonyl (C=O) groups is 2. The van der Waals surface area contributed by atoms with Crippen LogP contribution in [0.2, 0.25) is 0 Å². The van der Waals surface area contributed by atoms with E-state index >= 15 is 0 Å². The number of para-hydroxylation sites is 2. The highest BCUT2D eigenvalue weighted by Gasteiger charge is 2.18. The van der Waals surface area contributed by atoms with Crippen molar-refractivity contribution in [2.75, 3.05) is 26.4 Å². The average molecular weight is 679 g/mol. The summed E-state index contributed by atoms with van der Waals surface area (Å²) in [5, 5.41) is 0. The number of esters is 2. The third-order valence-electron chi connectivity index (χ3n) is 8.62. The Morgan fingerprint density at radius 2 is 0.961 bits per heavy atom. The molecule has 9 rings (SSSR count). The monoisotopic (exact) mass is 678 g/mol. The van der Waals surface area contributed by atoms with E-state index in [1.165, 1.54) is 0 Å². The maximum Gasteiger partial charge on any atom is 0.317 e. The van der Waals surface area contributed by atoms with Gasteiger partial charge in [0.15, 0.2) is 0 Å². The summed E-state index contributed by atoms with van der Waals surface area (Å²) < 4.78 is 23.1. The molecule has 4 aliphatic heterocycles. The Bertz CT molecular complexity index is 2200. The molecule has 5 aromatic rings. The van der Waals surface area contributed by atoms with E-state index in [1.54, 1.807) is 0 Å². The molecule has 0 radical (unpaired) electrons. The van der Waals surface area contributed by atoms with Crippen molar-refractivity contribution >= 4 is 58.3 Å². The first-order valence-electron chi connectivity index (χ1n) is 16.9. The first-order valence-corrected chi connectivity index (χ1v) is 16.9. The first-order chi connectivity index (χ1) is 25.1. The van der Waals surface area contributed by atoms with E-state index in [4.69, 9.17) is 28.9 Å². The lowest BCUT2D eigenvalue weighted by Crippen LogP contribution is -2.16. The second-order valence-electron chi connectivity index (χ2n) is 12.2. The van der Waals surface area contributed by atoms with Gasteiger partial charge in [-0.2, -0.15) is 0 Å². The predicted octanol–water partition coefficient (Wildman–Crippen LogP) is 8.02. The predicted molar refractivity (Wildman–Crippen MR) is 196 cm³/mol. The van der Waals surface area contributed by atoms with E-state index in [-0.39, 0.29) is 13.2 Å². The molecule has 7 heterocycles. The molecule has 0 unspecified atom stereocenters. The van der Waals surface area contributed by atoms with Crippen LogP contribution in [0.3, 0.4) is 0 Å². The van der Waals surface area contributed by atoms with Crippen molar-refractivity contribution in [1.29, 1.82) is 0 Å². The van der Waals surface area contributed by atoms with Crippen molar-refractivity contribution in [3.05, 3.63) is 108 Å². The molecule has 4 aliphatic rings. The third kappa shape index (κ3) is 7.02. The van der Waals surface area contributed by atoms with Crippen molar-refractivity contribution in [3.8, 4) is 33.8 Å². The molecular formula is C41H34N4O6. The van der Waals surface area contributed by atoms with Crippen molar-refractivity contribution < 1.29 is 28.5 Å². The van der Waals surface area contributed by atoms with E-state index in [0.717, 1.165) is 67.1 Å². The van der Waals surface area contributed by atoms with Crippen LogP contribution >= 0.6 is 0 Å². The molecular weight excluding hydrogens is 644 g/mol. The molecule has 0 saturated heterocycles. The molecule has 0 atom stereocenters. The van der Waals surface area contributed by atoms with Gasteiger partial charge in [0.2, 0.25) is 0 Å². The van der Waals surface area contributed by atoms with Crippen molar-refractivity contribution in [1.82, 2.24) is 19.9 Å². The number of hydrogen-bond donors (Lipinski definition) is 2. The summed E-state index contributed by atoms with van der Waals surface area (Å²) in [6, 6.07) is 27.8. The molecule has 2 N–H and O–H groups in total. The number of ether oxygens (including phenoxy) is 4. The fourth-order valence-electron chi connectivity index (χ4n) is 6.31. The fraction of sp³-hybridized carbons (Fsp3) is 0.171. The molecule has 0 saturated carbocycles. The van der Waals surface area contributed by atoms with Crippen molar-refractivity contribution in [3.63, 3.8) is 0 Å². The van der Waals surface area contributed by atoms with Gasteiger partial charge in [-0.05, 0) is 72.8 Å². The van der Waals surface area contributed by atoms with Crippen LogP contribution in [-0.2, 0) is 19.1 Å². The van der Waals surface area contributed by atoms with Crippen LogP contribution in [0.5, 0.6) is 11.5 Å². The molecule has 0 spiro atoms. The number of aromatic nitrogens is 4. The van der Waals surface area contributed by atoms with Gasteiger partial charge in [-0.25, -0.2) is 9.97 Å². The zero-order valence-corrected chi connectivity index (χ0v) is 27.7. The summed E-state index contributed by atoms with van der Waals surface area (Å²) in [4.78, 5) is 41.9. The summed E-state index contributed by atoms with van der Waals surface area (Å²) in [5.74, 6) is 0.0439. The fourth-order valence-corrected chi connectivity index (χ4v) is 6.31. The average Bonchev–Trinajstić information content (AvgIpc) is 3.96. The minimum absolute atomic E-state index is 0.106. The third-order valence-corrected chi connectivity index (χ3v) is 8.62. The summed E-state index contributed by atoms with van der Waals surface area (Å²) in [6.07, 6.45) is 8.43. The highest BCUT2D eigenvalue weighted by molar-refractivity contribution is 5.95. The van der Waals surface area contributed by atoms with Gasteiger partial charge in [0.1, 0.15) is 17.9 Å². The zero-order chi connectivity index (χ0) is 34.6. The normalized spacial score (nSPS) is 15.1. The number of H-pyrrole nitrogens is 2. The first kappa shape index (κ1) is 31.8. The van der Waals surface area contributed by atoms with Gasteiger partial charge in [-0.3, -0.25) is 9.59 Å². The number of nitrogens with zero attached hydrogens (tertiary/aromatic N) is 2. The van der Waals surface area contributed by atoms with E-state index in [2.05, 4.69) is 9.97 Å². The lowest BCUT2D eigenvalue weighted by atomic mass is 10.0. The molecule has 51 heavy (non-hydrogen) atoms. The number of benzene rings is 2. The second-order valence-corrected chi connectivity index (χ2v) is 12.2. The van der Waals surface area contributed by atoms with Crippen LogP contribution in [0.4, 0.5) is 0 Å². The molecule has 0 aliphatic carbocycles. The molecule has 0 fully saturated rings. The minimum Gasteiger partial charge on any atom is -0.493 e. The van der Waals surface area contributed by atoms with Gasteiger partial charge >= 0.3 is 11.9 Å². The Labute approximate surface area is 293 Å². The number of carbonyl (C=O) groups excluding carboxylic acids is 2. The zero-order valence-electron chi connectivity index (χ0n) is 27.7. The SMILES string of the molecule is O=C1CC(=O)OCCCOc2ccccc2-c2c3nc(cc4ccc([nH]4)c(c4nc(cc5ccc2[nH]5)C=C4)-c2ccccc2OCCCO1)C=C3. The highest BCUT2D eigenvalue weighted by Crippen LogP contribution is 2.38. The Morgan fingerprint density at radius 3 is 1.45 bits per heavy atom. The summed E-state index contributed by atoms with van der Waals surface area (Å²) in [7, 11) is 0. The highest BCUT2D eigenvalue weighted by atomic mass is 16.6. The van der Waals surface area contributed by atoms with Crippen molar-refractivity contribution in [2.24, 2.45) is 0 Å². The van der Waals surface area contributed by atoms with Gasteiger partial charge in [-0.15, -0.1) is 0 Å². The number of rotatable bonds is 0. The summed E-state index contributed by atoms with van der Waals surface area (Å²) in [6.45, 7) is 0.798. The molecule has 10 heteroatoms. The number of aromatic amines is 2. The molecule has 0 amide bonds. The van der Waals surface area contributed by atoms with E-state index in [9.17, 15) is 9.59 Å². The van der Waals surface area contributed by atoms with Gasteiger partial charge in [0.05, 0.1) is 49.2 Å². The van der Waals surface area contributed by atoms with Crippen molar-refractivity contribution in [2.45, 2.75) is 19.3 Å². The van der Waals surface area contributed by atoms with Crippen LogP contribution in [-0.4, -0.2) is 58.3 Å². The second kappa shape index (κ2) is 14.2. The summed E-state index contributed by atoms with van der Waals surface area (Å²) >= 11 is 0. The lowest BCUT2D eigenvalue weighted by molar-refractivity contribution is -0.154. The molecule has 10 bridgehead atoms. The number of fused-ring (bicyclic) bond motifs is 12. The topological polar surface area (TPSA) is 128 Å². The number of nitrogens with one attached hydrogen (secondary N) is 2. The smallest absolute Gasteiger partial charge is 0.317 e. The van der Waals surface area contributed by atoms with Crippen LogP contribution in [0.1, 0.15) is 42.0 Å². The van der Waals surface area contributed by atoms with Gasteiger partial charge in [0, 0.05) is 57.2 Å². The largest absolute Gasteiger partial charge is 0.493 e. The maximum absolute atomic E-state index is 12.3. The van der Waals surface area contributed by atoms with Crippen LogP contribution in [0.15, 0.2) is 84.9 Å². The Hall–Kier alpha value is -6.42. The maximum atomic E-state index is 12.3. The Kier molecular flexibility index (Phi) is 8.86. The Balaban J connectivity index is 1.33. The van der Waals surface area contributed by atoms with Gasteiger partial charge in [-0.1, -0.05) is 36.4 Å². The van der Waals surface area contributed by atoms with Crippen LogP contribution < -0.4 is 9.47 Å². The Morgan fingerprint density at radius 1 is 0.510 bits per heavy atom. The van der Waals surface area contributed by atoms with Gasteiger partial charge < -0.3 is 28.9 Å². The standard InChI is InChI=1S/C41H34N4O6/c46-38-25-39(47)51-22-6-20-49-37-10-4-2-8-31(37)41-34-17-13-28(44-34)23-26-11-15-32(42-26)40(30-7-1-3-9-36(30)48-19-5-21-50-38)33-16-12-27(43-33)24-29-14-18-35(41)45-29/h1-4,7-18,23-24,42,45H,5-6,19-22,25H2. The summed E-state index contributed by atoms with van der Waals surface area (Å²) in [5.41, 5.74) is 10.1.